The highest BCUT2D eigenvalue weighted by Gasteiger charge is 2.30. The van der Waals surface area contributed by atoms with Gasteiger partial charge in [0.15, 0.2) is 5.96 Å². The van der Waals surface area contributed by atoms with E-state index in [-0.39, 0.29) is 48.4 Å². The first-order valence-corrected chi connectivity index (χ1v) is 9.82. The van der Waals surface area contributed by atoms with Crippen LogP contribution in [0.3, 0.4) is 0 Å². The van der Waals surface area contributed by atoms with Crippen molar-refractivity contribution in [1.29, 1.82) is 0 Å². The van der Waals surface area contributed by atoms with Gasteiger partial charge in [0.1, 0.15) is 6.61 Å². The zero-order valence-electron chi connectivity index (χ0n) is 17.9. The third kappa shape index (κ3) is 9.46. The lowest BCUT2D eigenvalue weighted by Crippen LogP contribution is -2.54. The first kappa shape index (κ1) is 27.2. The van der Waals surface area contributed by atoms with E-state index in [0.717, 1.165) is 38.4 Å². The number of amides is 1. The highest BCUT2D eigenvalue weighted by Crippen LogP contribution is 2.29. The standard InChI is InChI=1S/C19H29F3N6O2.HI/c1-14(2)26-16(29)13-27-7-9-28(10-8-27)18(23-3)24-6-11-30-17-5-4-15(12-25-17)19(20,21)22;/h4-5,12,14H,6-11,13H2,1-3H3,(H,23,24)(H,26,29);1H. The second-order valence-corrected chi connectivity index (χ2v) is 7.19. The topological polar surface area (TPSA) is 82.1 Å². The molecule has 0 unspecified atom stereocenters. The lowest BCUT2D eigenvalue weighted by molar-refractivity contribution is -0.137. The first-order chi connectivity index (χ1) is 14.2. The van der Waals surface area contributed by atoms with Crippen LogP contribution in [0.4, 0.5) is 13.2 Å². The van der Waals surface area contributed by atoms with Crippen LogP contribution in [0.15, 0.2) is 23.3 Å². The number of guanidine groups is 1. The fourth-order valence-corrected chi connectivity index (χ4v) is 2.97. The van der Waals surface area contributed by atoms with Gasteiger partial charge in [-0.3, -0.25) is 14.7 Å². The van der Waals surface area contributed by atoms with Crippen LogP contribution in [-0.2, 0) is 11.0 Å². The molecule has 2 N–H and O–H groups in total. The van der Waals surface area contributed by atoms with Crippen molar-refractivity contribution in [2.24, 2.45) is 4.99 Å². The largest absolute Gasteiger partial charge is 0.476 e. The van der Waals surface area contributed by atoms with Crippen molar-refractivity contribution >= 4 is 35.8 Å². The highest BCUT2D eigenvalue weighted by atomic mass is 127. The molecule has 1 aromatic rings. The molecule has 0 bridgehead atoms. The van der Waals surface area contributed by atoms with Crippen molar-refractivity contribution < 1.29 is 22.7 Å². The lowest BCUT2D eigenvalue weighted by atomic mass is 10.3. The number of aromatic nitrogens is 1. The van der Waals surface area contributed by atoms with Crippen LogP contribution in [0.1, 0.15) is 19.4 Å². The van der Waals surface area contributed by atoms with E-state index in [2.05, 4.69) is 30.4 Å². The Morgan fingerprint density at radius 1 is 1.26 bits per heavy atom. The number of rotatable bonds is 7. The van der Waals surface area contributed by atoms with Crippen molar-refractivity contribution in [2.45, 2.75) is 26.1 Å². The predicted octanol–water partition coefficient (Wildman–Crippen LogP) is 1.81. The molecule has 1 aliphatic heterocycles. The van der Waals surface area contributed by atoms with E-state index >= 15 is 0 Å². The second-order valence-electron chi connectivity index (χ2n) is 7.19. The van der Waals surface area contributed by atoms with Gasteiger partial charge in [-0.25, -0.2) is 4.98 Å². The molecule has 0 spiro atoms. The molecule has 0 aromatic carbocycles. The molecule has 0 aliphatic carbocycles. The summed E-state index contributed by atoms with van der Waals surface area (Å²) >= 11 is 0. The summed E-state index contributed by atoms with van der Waals surface area (Å²) in [6.45, 7) is 7.86. The third-order valence-electron chi connectivity index (χ3n) is 4.40. The van der Waals surface area contributed by atoms with Gasteiger partial charge in [-0.1, -0.05) is 0 Å². The van der Waals surface area contributed by atoms with Gasteiger partial charge in [0.25, 0.3) is 0 Å². The highest BCUT2D eigenvalue weighted by molar-refractivity contribution is 14.0. The fraction of sp³-hybridized carbons (Fsp3) is 0.632. The lowest BCUT2D eigenvalue weighted by Gasteiger charge is -2.36. The summed E-state index contributed by atoms with van der Waals surface area (Å²) in [6, 6.07) is 2.27. The predicted molar refractivity (Wildman–Crippen MR) is 123 cm³/mol. The molecule has 31 heavy (non-hydrogen) atoms. The smallest absolute Gasteiger partial charge is 0.417 e. The molecule has 2 rings (SSSR count). The number of piperazine rings is 1. The van der Waals surface area contributed by atoms with Crippen LogP contribution in [0.5, 0.6) is 5.88 Å². The molecular weight excluding hydrogens is 528 g/mol. The number of aliphatic imine (C=N–C) groups is 1. The van der Waals surface area contributed by atoms with Crippen LogP contribution in [-0.4, -0.2) is 85.6 Å². The quantitative estimate of drug-likeness (QED) is 0.230. The SMILES string of the molecule is CN=C(NCCOc1ccc(C(F)(F)F)cn1)N1CCN(CC(=O)NC(C)C)CC1.I. The average molecular weight is 558 g/mol. The average Bonchev–Trinajstić information content (AvgIpc) is 2.68. The number of carbonyl (C=O) groups is 1. The summed E-state index contributed by atoms with van der Waals surface area (Å²) in [6.07, 6.45) is -3.66. The number of alkyl halides is 3. The summed E-state index contributed by atoms with van der Waals surface area (Å²) in [5.41, 5.74) is -0.811. The summed E-state index contributed by atoms with van der Waals surface area (Å²) in [5.74, 6) is 0.869. The Kier molecular flexibility index (Phi) is 11.3. The van der Waals surface area contributed by atoms with Crippen LogP contribution >= 0.6 is 24.0 Å². The van der Waals surface area contributed by atoms with Gasteiger partial charge in [0.05, 0.1) is 18.7 Å². The maximum absolute atomic E-state index is 12.5. The Balaban J connectivity index is 0.00000480. The zero-order valence-corrected chi connectivity index (χ0v) is 20.2. The monoisotopic (exact) mass is 558 g/mol. The van der Waals surface area contributed by atoms with E-state index in [1.54, 1.807) is 7.05 Å². The molecule has 1 fully saturated rings. The number of halogens is 4. The van der Waals surface area contributed by atoms with E-state index < -0.39 is 11.7 Å². The molecule has 2 heterocycles. The first-order valence-electron chi connectivity index (χ1n) is 9.82. The molecule has 12 heteroatoms. The van der Waals surface area contributed by atoms with Gasteiger partial charge >= 0.3 is 6.18 Å². The van der Waals surface area contributed by atoms with Gasteiger partial charge in [-0.05, 0) is 19.9 Å². The third-order valence-corrected chi connectivity index (χ3v) is 4.40. The number of nitrogens with one attached hydrogen (secondary N) is 2. The van der Waals surface area contributed by atoms with Gasteiger partial charge in [-0.2, -0.15) is 13.2 Å². The number of hydrogen-bond acceptors (Lipinski definition) is 5. The minimum Gasteiger partial charge on any atom is -0.476 e. The molecule has 1 amide bonds. The van der Waals surface area contributed by atoms with Crippen LogP contribution in [0.25, 0.3) is 0 Å². The summed E-state index contributed by atoms with van der Waals surface area (Å²) in [7, 11) is 1.68. The summed E-state index contributed by atoms with van der Waals surface area (Å²) in [4.78, 5) is 24.0. The van der Waals surface area contributed by atoms with Gasteiger partial charge in [0.2, 0.25) is 11.8 Å². The Hall–Kier alpha value is -1.83. The van der Waals surface area contributed by atoms with Crippen molar-refractivity contribution in [3.8, 4) is 5.88 Å². The molecule has 1 saturated heterocycles. The zero-order chi connectivity index (χ0) is 22.1. The summed E-state index contributed by atoms with van der Waals surface area (Å²) < 4.78 is 43.0. The number of nitrogens with zero attached hydrogens (tertiary/aromatic N) is 4. The van der Waals surface area contributed by atoms with Crippen LogP contribution in [0, 0.1) is 0 Å². The van der Waals surface area contributed by atoms with E-state index in [9.17, 15) is 18.0 Å². The Morgan fingerprint density at radius 3 is 2.45 bits per heavy atom. The van der Waals surface area contributed by atoms with Crippen molar-refractivity contribution in [3.63, 3.8) is 0 Å². The molecule has 0 radical (unpaired) electrons. The number of pyridine rings is 1. The maximum Gasteiger partial charge on any atom is 0.417 e. The molecule has 1 aromatic heterocycles. The van der Waals surface area contributed by atoms with E-state index in [0.29, 0.717) is 19.0 Å². The van der Waals surface area contributed by atoms with Gasteiger partial charge in [-0.15, -0.1) is 24.0 Å². The Labute approximate surface area is 197 Å². The molecule has 0 atom stereocenters. The van der Waals surface area contributed by atoms with Crippen molar-refractivity contribution in [2.75, 3.05) is 52.9 Å². The van der Waals surface area contributed by atoms with Gasteiger partial charge < -0.3 is 20.3 Å². The molecule has 1 aliphatic rings. The van der Waals surface area contributed by atoms with Crippen LogP contribution in [0.2, 0.25) is 0 Å². The van der Waals surface area contributed by atoms with Crippen molar-refractivity contribution in [1.82, 2.24) is 25.4 Å². The minimum absolute atomic E-state index is 0. The Bertz CT molecular complexity index is 708. The van der Waals surface area contributed by atoms with Crippen LogP contribution < -0.4 is 15.4 Å². The van der Waals surface area contributed by atoms with E-state index in [1.807, 2.05) is 13.8 Å². The Morgan fingerprint density at radius 2 is 1.94 bits per heavy atom. The van der Waals surface area contributed by atoms with E-state index in [1.165, 1.54) is 6.07 Å². The number of carbonyl (C=O) groups excluding carboxylic acids is 1. The summed E-state index contributed by atoms with van der Waals surface area (Å²) in [5, 5.41) is 6.06. The molecule has 176 valence electrons. The minimum atomic E-state index is -4.41. The number of ether oxygens (including phenoxy) is 1. The normalized spacial score (nSPS) is 15.5. The molecule has 0 saturated carbocycles. The van der Waals surface area contributed by atoms with Crippen molar-refractivity contribution in [3.05, 3.63) is 23.9 Å². The fourth-order valence-electron chi connectivity index (χ4n) is 2.97. The molecular formula is C19H30F3IN6O2. The van der Waals surface area contributed by atoms with Gasteiger partial charge in [0, 0.05) is 51.5 Å². The number of hydrogen-bond donors (Lipinski definition) is 2. The molecule has 8 nitrogen and oxygen atoms in total. The second kappa shape index (κ2) is 12.9. The maximum atomic E-state index is 12.5. The van der Waals surface area contributed by atoms with E-state index in [4.69, 9.17) is 4.74 Å².